The van der Waals surface area contributed by atoms with Crippen molar-refractivity contribution in [2.75, 3.05) is 26.2 Å². The molecule has 1 saturated heterocycles. The molecule has 20 heavy (non-hydrogen) atoms. The number of sulfonamides is 1. The van der Waals surface area contributed by atoms with Crippen molar-refractivity contribution in [3.8, 4) is 5.75 Å². The average molecular weight is 361 g/mol. The molecule has 3 rings (SSSR count). The van der Waals surface area contributed by atoms with Crippen molar-refractivity contribution < 1.29 is 13.2 Å². The minimum Gasteiger partial charge on any atom is -0.492 e. The highest BCUT2D eigenvalue weighted by molar-refractivity contribution is 9.10. The number of fused-ring (bicyclic) bond motifs is 1. The highest BCUT2D eigenvalue weighted by Crippen LogP contribution is 2.37. The molecule has 7 heteroatoms. The predicted molar refractivity (Wildman–Crippen MR) is 79.6 cm³/mol. The SMILES string of the molecule is CC1CN(S(=O)(=O)c2cc(Br)cc3c2OCC3)CCN1. The normalized spacial score (nSPS) is 23.4. The first-order chi connectivity index (χ1) is 9.48. The van der Waals surface area contributed by atoms with E-state index in [4.69, 9.17) is 4.74 Å². The van der Waals surface area contributed by atoms with Crippen molar-refractivity contribution in [1.29, 1.82) is 0 Å². The molecule has 2 aliphatic heterocycles. The number of hydrogen-bond acceptors (Lipinski definition) is 4. The first kappa shape index (κ1) is 14.3. The summed E-state index contributed by atoms with van der Waals surface area (Å²) in [5, 5.41) is 3.25. The number of rotatable bonds is 2. The second-order valence-electron chi connectivity index (χ2n) is 5.21. The lowest BCUT2D eigenvalue weighted by atomic mass is 10.2. The lowest BCUT2D eigenvalue weighted by molar-refractivity contribution is 0.307. The van der Waals surface area contributed by atoms with E-state index in [9.17, 15) is 8.42 Å². The Morgan fingerprint density at radius 3 is 3.00 bits per heavy atom. The molecule has 5 nitrogen and oxygen atoms in total. The molecule has 110 valence electrons. The van der Waals surface area contributed by atoms with Gasteiger partial charge in [-0.25, -0.2) is 8.42 Å². The Kier molecular flexibility index (Phi) is 3.79. The molecule has 0 radical (unpaired) electrons. The van der Waals surface area contributed by atoms with Crippen LogP contribution in [0.15, 0.2) is 21.5 Å². The summed E-state index contributed by atoms with van der Waals surface area (Å²) in [6.07, 6.45) is 0.759. The van der Waals surface area contributed by atoms with Crippen LogP contribution in [0.2, 0.25) is 0 Å². The fourth-order valence-electron chi connectivity index (χ4n) is 2.68. The predicted octanol–water partition coefficient (Wildman–Crippen LogP) is 1.37. The largest absolute Gasteiger partial charge is 0.492 e. The molecule has 1 unspecified atom stereocenters. The Labute approximate surface area is 127 Å². The van der Waals surface area contributed by atoms with Gasteiger partial charge < -0.3 is 10.1 Å². The van der Waals surface area contributed by atoms with E-state index < -0.39 is 10.0 Å². The summed E-state index contributed by atoms with van der Waals surface area (Å²) >= 11 is 3.39. The van der Waals surface area contributed by atoms with E-state index in [0.29, 0.717) is 32.0 Å². The zero-order valence-corrected chi connectivity index (χ0v) is 13.6. The Morgan fingerprint density at radius 1 is 1.45 bits per heavy atom. The standard InChI is InChI=1S/C13H17BrN2O3S/c1-9-8-16(4-3-15-9)20(17,18)12-7-11(14)6-10-2-5-19-13(10)12/h6-7,9,15H,2-5,8H2,1H3. The van der Waals surface area contributed by atoms with Crippen LogP contribution in [0.3, 0.4) is 0 Å². The second-order valence-corrected chi connectivity index (χ2v) is 8.03. The monoisotopic (exact) mass is 360 g/mol. The minimum atomic E-state index is -3.50. The third kappa shape index (κ3) is 2.47. The second kappa shape index (κ2) is 5.29. The summed E-state index contributed by atoms with van der Waals surface area (Å²) in [6, 6.07) is 3.74. The zero-order valence-electron chi connectivity index (χ0n) is 11.2. The van der Waals surface area contributed by atoms with Crippen LogP contribution in [0, 0.1) is 0 Å². The first-order valence-corrected chi connectivity index (χ1v) is 8.90. The molecule has 0 saturated carbocycles. The maximum atomic E-state index is 12.8. The van der Waals surface area contributed by atoms with E-state index in [-0.39, 0.29) is 10.9 Å². The van der Waals surface area contributed by atoms with Crippen molar-refractivity contribution >= 4 is 26.0 Å². The molecule has 1 aromatic carbocycles. The molecule has 0 aromatic heterocycles. The van der Waals surface area contributed by atoms with Crippen LogP contribution in [0.4, 0.5) is 0 Å². The smallest absolute Gasteiger partial charge is 0.246 e. The van der Waals surface area contributed by atoms with Gasteiger partial charge in [0.2, 0.25) is 10.0 Å². The van der Waals surface area contributed by atoms with Crippen LogP contribution in [-0.2, 0) is 16.4 Å². The van der Waals surface area contributed by atoms with Crippen molar-refractivity contribution in [3.63, 3.8) is 0 Å². The highest BCUT2D eigenvalue weighted by atomic mass is 79.9. The highest BCUT2D eigenvalue weighted by Gasteiger charge is 2.33. The molecular formula is C13H17BrN2O3S. The van der Waals surface area contributed by atoms with E-state index in [2.05, 4.69) is 21.2 Å². The third-order valence-corrected chi connectivity index (χ3v) is 5.99. The molecule has 1 aromatic rings. The van der Waals surface area contributed by atoms with E-state index in [0.717, 1.165) is 16.5 Å². The molecule has 0 aliphatic carbocycles. The number of nitrogens with one attached hydrogen (secondary N) is 1. The molecule has 1 fully saturated rings. The molecule has 1 N–H and O–H groups in total. The summed E-state index contributed by atoms with van der Waals surface area (Å²) in [4.78, 5) is 0.286. The Hall–Kier alpha value is -0.630. The molecule has 0 spiro atoms. The molecular weight excluding hydrogens is 344 g/mol. The molecule has 1 atom stereocenters. The van der Waals surface area contributed by atoms with Crippen LogP contribution in [0.5, 0.6) is 5.75 Å². The van der Waals surface area contributed by atoms with Gasteiger partial charge in [-0.1, -0.05) is 15.9 Å². The van der Waals surface area contributed by atoms with E-state index in [1.807, 2.05) is 13.0 Å². The van der Waals surface area contributed by atoms with Crippen molar-refractivity contribution in [2.45, 2.75) is 24.3 Å². The maximum Gasteiger partial charge on any atom is 0.246 e. The van der Waals surface area contributed by atoms with Crippen LogP contribution in [0.1, 0.15) is 12.5 Å². The fourth-order valence-corrected chi connectivity index (χ4v) is 5.07. The maximum absolute atomic E-state index is 12.8. The number of halogens is 1. The van der Waals surface area contributed by atoms with Crippen LogP contribution in [0.25, 0.3) is 0 Å². The van der Waals surface area contributed by atoms with Gasteiger partial charge in [0.15, 0.2) is 0 Å². The molecule has 0 bridgehead atoms. The van der Waals surface area contributed by atoms with Gasteiger partial charge in [-0.2, -0.15) is 4.31 Å². The number of benzene rings is 1. The van der Waals surface area contributed by atoms with Crippen LogP contribution >= 0.6 is 15.9 Å². The fraction of sp³-hybridized carbons (Fsp3) is 0.538. The molecule has 2 heterocycles. The van der Waals surface area contributed by atoms with Gasteiger partial charge in [0, 0.05) is 42.1 Å². The summed E-state index contributed by atoms with van der Waals surface area (Å²) < 4.78 is 33.6. The third-order valence-electron chi connectivity index (χ3n) is 3.66. The summed E-state index contributed by atoms with van der Waals surface area (Å²) in [5.74, 6) is 0.527. The number of hydrogen-bond donors (Lipinski definition) is 1. The summed E-state index contributed by atoms with van der Waals surface area (Å²) in [7, 11) is -3.50. The summed E-state index contributed by atoms with van der Waals surface area (Å²) in [6.45, 7) is 4.20. The van der Waals surface area contributed by atoms with E-state index in [1.54, 1.807) is 6.07 Å². The number of piperazine rings is 1. The van der Waals surface area contributed by atoms with Crippen molar-refractivity contribution in [2.24, 2.45) is 0 Å². The van der Waals surface area contributed by atoms with E-state index in [1.165, 1.54) is 4.31 Å². The van der Waals surface area contributed by atoms with Crippen molar-refractivity contribution in [1.82, 2.24) is 9.62 Å². The van der Waals surface area contributed by atoms with Gasteiger partial charge in [-0.3, -0.25) is 0 Å². The number of nitrogens with zero attached hydrogens (tertiary/aromatic N) is 1. The average Bonchev–Trinajstić information content (AvgIpc) is 2.85. The van der Waals surface area contributed by atoms with Crippen LogP contribution < -0.4 is 10.1 Å². The quantitative estimate of drug-likeness (QED) is 0.865. The first-order valence-electron chi connectivity index (χ1n) is 6.67. The molecule has 0 amide bonds. The van der Waals surface area contributed by atoms with Crippen LogP contribution in [-0.4, -0.2) is 45.0 Å². The van der Waals surface area contributed by atoms with Crippen molar-refractivity contribution in [3.05, 3.63) is 22.2 Å². The van der Waals surface area contributed by atoms with Gasteiger partial charge in [-0.05, 0) is 19.1 Å². The summed E-state index contributed by atoms with van der Waals surface area (Å²) in [5.41, 5.74) is 0.959. The topological polar surface area (TPSA) is 58.6 Å². The number of ether oxygens (including phenoxy) is 1. The lowest BCUT2D eigenvalue weighted by Gasteiger charge is -2.31. The Bertz CT molecular complexity index is 633. The lowest BCUT2D eigenvalue weighted by Crippen LogP contribution is -2.51. The Balaban J connectivity index is 2.03. The van der Waals surface area contributed by atoms with Gasteiger partial charge >= 0.3 is 0 Å². The minimum absolute atomic E-state index is 0.166. The van der Waals surface area contributed by atoms with Gasteiger partial charge in [-0.15, -0.1) is 0 Å². The van der Waals surface area contributed by atoms with Gasteiger partial charge in [0.1, 0.15) is 10.6 Å². The molecule has 2 aliphatic rings. The van der Waals surface area contributed by atoms with E-state index >= 15 is 0 Å². The Morgan fingerprint density at radius 2 is 2.25 bits per heavy atom. The van der Waals surface area contributed by atoms with Gasteiger partial charge in [0.25, 0.3) is 0 Å². The zero-order chi connectivity index (χ0) is 14.3. The van der Waals surface area contributed by atoms with Gasteiger partial charge in [0.05, 0.1) is 6.61 Å².